The number of aryl methyl sites for hydroxylation is 1. The predicted octanol–water partition coefficient (Wildman–Crippen LogP) is 2.45. The number of nitrogens with one attached hydrogen (secondary N) is 2. The van der Waals surface area contributed by atoms with Gasteiger partial charge < -0.3 is 20.3 Å². The number of rotatable bonds is 10. The zero-order chi connectivity index (χ0) is 23.1. The fraction of sp³-hybridized carbons (Fsp3) is 0.542. The molecular formula is C24H36N6O2. The molecule has 1 aromatic carbocycles. The van der Waals surface area contributed by atoms with E-state index in [9.17, 15) is 4.79 Å². The van der Waals surface area contributed by atoms with Gasteiger partial charge in [0.05, 0.1) is 5.69 Å². The summed E-state index contributed by atoms with van der Waals surface area (Å²) >= 11 is 0. The Morgan fingerprint density at radius 2 is 2.03 bits per heavy atom. The zero-order valence-corrected chi connectivity index (χ0v) is 19.9. The molecule has 0 saturated heterocycles. The predicted molar refractivity (Wildman–Crippen MR) is 127 cm³/mol. The van der Waals surface area contributed by atoms with Gasteiger partial charge in [-0.05, 0) is 42.9 Å². The number of aromatic nitrogens is 2. The van der Waals surface area contributed by atoms with Gasteiger partial charge in [-0.25, -0.2) is 0 Å². The molecule has 0 unspecified atom stereocenters. The van der Waals surface area contributed by atoms with Crippen molar-refractivity contribution < 1.29 is 9.53 Å². The molecule has 1 aromatic heterocycles. The van der Waals surface area contributed by atoms with Crippen molar-refractivity contribution in [1.82, 2.24) is 25.3 Å². The number of ether oxygens (including phenoxy) is 1. The van der Waals surface area contributed by atoms with Gasteiger partial charge in [-0.1, -0.05) is 26.0 Å². The van der Waals surface area contributed by atoms with Gasteiger partial charge in [-0.2, -0.15) is 5.10 Å². The molecule has 0 aliphatic heterocycles. The molecule has 8 nitrogen and oxygen atoms in total. The summed E-state index contributed by atoms with van der Waals surface area (Å²) in [7, 11) is 5.80. The second kappa shape index (κ2) is 11.0. The van der Waals surface area contributed by atoms with Crippen molar-refractivity contribution >= 4 is 11.9 Å². The molecule has 3 rings (SSSR count). The molecule has 8 heteroatoms. The minimum Gasteiger partial charge on any atom is -0.484 e. The molecule has 0 atom stereocenters. The number of hydrogen-bond acceptors (Lipinski definition) is 4. The maximum atomic E-state index is 11.7. The van der Waals surface area contributed by atoms with E-state index in [0.717, 1.165) is 44.0 Å². The Bertz CT molecular complexity index is 915. The number of carbonyl (C=O) groups is 1. The second-order valence-corrected chi connectivity index (χ2v) is 8.72. The summed E-state index contributed by atoms with van der Waals surface area (Å²) < 4.78 is 7.44. The highest BCUT2D eigenvalue weighted by Gasteiger charge is 2.23. The Balaban J connectivity index is 1.43. The van der Waals surface area contributed by atoms with Crippen LogP contribution in [0.2, 0.25) is 0 Å². The lowest BCUT2D eigenvalue weighted by Gasteiger charge is -2.22. The monoisotopic (exact) mass is 440 g/mol. The molecule has 1 saturated carbocycles. The summed E-state index contributed by atoms with van der Waals surface area (Å²) in [4.78, 5) is 18.3. The van der Waals surface area contributed by atoms with E-state index >= 15 is 0 Å². The van der Waals surface area contributed by atoms with Gasteiger partial charge in [-0.15, -0.1) is 0 Å². The van der Waals surface area contributed by atoms with Crippen molar-refractivity contribution in [2.75, 3.05) is 27.2 Å². The molecule has 1 fully saturated rings. The smallest absolute Gasteiger partial charge is 0.258 e. The Kier molecular flexibility index (Phi) is 8.14. The topological polar surface area (TPSA) is 83.8 Å². The molecule has 1 aliphatic rings. The van der Waals surface area contributed by atoms with Crippen LogP contribution >= 0.6 is 0 Å². The summed E-state index contributed by atoms with van der Waals surface area (Å²) in [6, 6.07) is 8.26. The standard InChI is InChI=1S/C24H36N6O2/c1-17(2)23-19(15-30(5)28-23)14-29(4)24(25-3)26-13-12-18-6-10-21(11-7-18)32-16-22(31)27-20-8-9-20/h6-7,10-11,15,17,20H,8-9,12-14,16H2,1-5H3,(H,25,26)(H,27,31). The molecule has 2 N–H and O–H groups in total. The van der Waals surface area contributed by atoms with Crippen LogP contribution in [0, 0.1) is 0 Å². The van der Waals surface area contributed by atoms with Crippen molar-refractivity contribution in [2.24, 2.45) is 12.0 Å². The number of aliphatic imine (C=N–C) groups is 1. The maximum Gasteiger partial charge on any atom is 0.258 e. The highest BCUT2D eigenvalue weighted by molar-refractivity contribution is 5.79. The van der Waals surface area contributed by atoms with Crippen LogP contribution in [-0.4, -0.2) is 59.8 Å². The minimum absolute atomic E-state index is 0.0527. The van der Waals surface area contributed by atoms with E-state index in [4.69, 9.17) is 4.74 Å². The van der Waals surface area contributed by atoms with Crippen LogP contribution in [0.5, 0.6) is 5.75 Å². The van der Waals surface area contributed by atoms with E-state index in [-0.39, 0.29) is 12.5 Å². The third kappa shape index (κ3) is 7.00. The highest BCUT2D eigenvalue weighted by Crippen LogP contribution is 2.19. The van der Waals surface area contributed by atoms with Crippen molar-refractivity contribution in [1.29, 1.82) is 0 Å². The van der Waals surface area contributed by atoms with E-state index < -0.39 is 0 Å². The van der Waals surface area contributed by atoms with E-state index in [1.54, 1.807) is 7.05 Å². The summed E-state index contributed by atoms with van der Waals surface area (Å²) in [5.74, 6) is 1.89. The third-order valence-electron chi connectivity index (χ3n) is 5.40. The second-order valence-electron chi connectivity index (χ2n) is 8.72. The SMILES string of the molecule is CN=C(NCCc1ccc(OCC(=O)NC2CC2)cc1)N(C)Cc1cn(C)nc1C(C)C. The van der Waals surface area contributed by atoms with Crippen LogP contribution in [0.4, 0.5) is 0 Å². The fourth-order valence-electron chi connectivity index (χ4n) is 3.59. The fourth-order valence-corrected chi connectivity index (χ4v) is 3.59. The summed E-state index contributed by atoms with van der Waals surface area (Å²) in [6.07, 6.45) is 5.10. The first-order chi connectivity index (χ1) is 15.4. The van der Waals surface area contributed by atoms with Crippen LogP contribution < -0.4 is 15.4 Å². The van der Waals surface area contributed by atoms with Crippen LogP contribution in [0.15, 0.2) is 35.5 Å². The molecule has 1 heterocycles. The molecule has 32 heavy (non-hydrogen) atoms. The molecule has 0 radical (unpaired) electrons. The minimum atomic E-state index is -0.0527. The van der Waals surface area contributed by atoms with Crippen molar-refractivity contribution in [3.63, 3.8) is 0 Å². The van der Waals surface area contributed by atoms with Gasteiger partial charge in [0.15, 0.2) is 12.6 Å². The Labute approximate surface area is 191 Å². The molecule has 1 aliphatic carbocycles. The van der Waals surface area contributed by atoms with Gasteiger partial charge in [0.1, 0.15) is 5.75 Å². The third-order valence-corrected chi connectivity index (χ3v) is 5.40. The van der Waals surface area contributed by atoms with Gasteiger partial charge >= 0.3 is 0 Å². The van der Waals surface area contributed by atoms with E-state index in [1.165, 1.54) is 11.1 Å². The lowest BCUT2D eigenvalue weighted by atomic mass is 10.1. The molecule has 1 amide bonds. The average molecular weight is 441 g/mol. The van der Waals surface area contributed by atoms with Crippen LogP contribution in [-0.2, 0) is 24.8 Å². The molecule has 0 bridgehead atoms. The molecule has 2 aromatic rings. The van der Waals surface area contributed by atoms with Crippen molar-refractivity contribution in [3.8, 4) is 5.75 Å². The molecule has 0 spiro atoms. The Morgan fingerprint density at radius 1 is 1.31 bits per heavy atom. The summed E-state index contributed by atoms with van der Waals surface area (Å²) in [5, 5.41) is 11.0. The first-order valence-corrected chi connectivity index (χ1v) is 11.3. The number of guanidine groups is 1. The van der Waals surface area contributed by atoms with Crippen LogP contribution in [0.3, 0.4) is 0 Å². The number of carbonyl (C=O) groups excluding carboxylic acids is 1. The molecule has 174 valence electrons. The summed E-state index contributed by atoms with van der Waals surface area (Å²) in [6.45, 7) is 5.91. The quantitative estimate of drug-likeness (QED) is 0.438. The lowest BCUT2D eigenvalue weighted by Crippen LogP contribution is -2.39. The lowest BCUT2D eigenvalue weighted by molar-refractivity contribution is -0.123. The largest absolute Gasteiger partial charge is 0.484 e. The van der Waals surface area contributed by atoms with E-state index in [2.05, 4.69) is 45.7 Å². The van der Waals surface area contributed by atoms with E-state index in [1.807, 2.05) is 43.0 Å². The highest BCUT2D eigenvalue weighted by atomic mass is 16.5. The molecular weight excluding hydrogens is 404 g/mol. The van der Waals surface area contributed by atoms with E-state index in [0.29, 0.717) is 17.7 Å². The summed E-state index contributed by atoms with van der Waals surface area (Å²) in [5.41, 5.74) is 3.54. The first-order valence-electron chi connectivity index (χ1n) is 11.3. The zero-order valence-electron chi connectivity index (χ0n) is 19.9. The van der Waals surface area contributed by atoms with Gasteiger partial charge in [0, 0.05) is 52.0 Å². The van der Waals surface area contributed by atoms with Crippen molar-refractivity contribution in [2.45, 2.75) is 51.6 Å². The van der Waals surface area contributed by atoms with Crippen LogP contribution in [0.25, 0.3) is 0 Å². The van der Waals surface area contributed by atoms with Gasteiger partial charge in [0.2, 0.25) is 0 Å². The first kappa shape index (κ1) is 23.6. The average Bonchev–Trinajstić information content (AvgIpc) is 3.49. The number of amides is 1. The van der Waals surface area contributed by atoms with Gasteiger partial charge in [0.25, 0.3) is 5.91 Å². The number of benzene rings is 1. The number of nitrogens with zero attached hydrogens (tertiary/aromatic N) is 4. The Morgan fingerprint density at radius 3 is 2.66 bits per heavy atom. The normalized spacial score (nSPS) is 13.9. The maximum absolute atomic E-state index is 11.7. The van der Waals surface area contributed by atoms with Gasteiger partial charge in [-0.3, -0.25) is 14.5 Å². The van der Waals surface area contributed by atoms with Crippen molar-refractivity contribution in [3.05, 3.63) is 47.3 Å². The Hall–Kier alpha value is -3.03. The van der Waals surface area contributed by atoms with Crippen LogP contribution in [0.1, 0.15) is 49.4 Å². The number of hydrogen-bond donors (Lipinski definition) is 2.